The number of guanidine groups is 1. The number of likely N-dealkylation sites (tertiary alicyclic amines) is 1. The van der Waals surface area contributed by atoms with E-state index in [9.17, 15) is 8.78 Å². The topological polar surface area (TPSA) is 36.9 Å². The molecule has 1 aliphatic heterocycles. The maximum atomic E-state index is 13.7. The quantitative estimate of drug-likeness (QED) is 0.379. The number of ether oxygens (including phenoxy) is 1. The number of aliphatic imine (C=N–C) groups is 1. The zero-order valence-corrected chi connectivity index (χ0v) is 18.2. The van der Waals surface area contributed by atoms with E-state index in [1.807, 2.05) is 30.3 Å². The number of benzene rings is 2. The van der Waals surface area contributed by atoms with E-state index in [2.05, 4.69) is 15.2 Å². The van der Waals surface area contributed by atoms with Crippen LogP contribution in [0.25, 0.3) is 0 Å². The van der Waals surface area contributed by atoms with Crippen LogP contribution in [0.1, 0.15) is 18.4 Å². The molecule has 2 aromatic rings. The van der Waals surface area contributed by atoms with Gasteiger partial charge < -0.3 is 15.0 Å². The molecule has 4 nitrogen and oxygen atoms in total. The molecular weight excluding hydrogens is 475 g/mol. The number of nitrogens with one attached hydrogen (secondary N) is 1. The zero-order valence-electron chi connectivity index (χ0n) is 15.9. The smallest absolute Gasteiger partial charge is 0.193 e. The highest BCUT2D eigenvalue weighted by Crippen LogP contribution is 2.19. The largest absolute Gasteiger partial charge is 0.490 e. The van der Waals surface area contributed by atoms with Crippen LogP contribution in [-0.2, 0) is 6.42 Å². The van der Waals surface area contributed by atoms with Crippen molar-refractivity contribution in [2.75, 3.05) is 26.7 Å². The van der Waals surface area contributed by atoms with Crippen LogP contribution in [0.3, 0.4) is 0 Å². The fraction of sp³-hybridized carbons (Fsp3) is 0.381. The van der Waals surface area contributed by atoms with Gasteiger partial charge in [0.25, 0.3) is 0 Å². The summed E-state index contributed by atoms with van der Waals surface area (Å²) in [5.41, 5.74) is 0.107. The minimum absolute atomic E-state index is 0. The van der Waals surface area contributed by atoms with Crippen molar-refractivity contribution >= 4 is 29.9 Å². The summed E-state index contributed by atoms with van der Waals surface area (Å²) in [4.78, 5) is 6.46. The van der Waals surface area contributed by atoms with E-state index < -0.39 is 11.6 Å². The number of hydrogen-bond acceptors (Lipinski definition) is 2. The van der Waals surface area contributed by atoms with Crippen molar-refractivity contribution < 1.29 is 13.5 Å². The van der Waals surface area contributed by atoms with Crippen LogP contribution in [-0.4, -0.2) is 43.6 Å². The predicted molar refractivity (Wildman–Crippen MR) is 119 cm³/mol. The van der Waals surface area contributed by atoms with E-state index >= 15 is 0 Å². The highest BCUT2D eigenvalue weighted by Gasteiger charge is 2.22. The van der Waals surface area contributed by atoms with Gasteiger partial charge in [0, 0.05) is 45.1 Å². The molecule has 0 unspecified atom stereocenters. The van der Waals surface area contributed by atoms with Gasteiger partial charge in [-0.15, -0.1) is 24.0 Å². The van der Waals surface area contributed by atoms with Crippen LogP contribution in [0.5, 0.6) is 5.75 Å². The van der Waals surface area contributed by atoms with Gasteiger partial charge in [0.2, 0.25) is 0 Å². The molecule has 0 spiro atoms. The molecule has 152 valence electrons. The van der Waals surface area contributed by atoms with E-state index in [-0.39, 0.29) is 42.1 Å². The highest BCUT2D eigenvalue weighted by atomic mass is 127. The number of nitrogens with zero attached hydrogens (tertiary/aromatic N) is 2. The number of halogens is 3. The number of rotatable bonds is 5. The minimum atomic E-state index is -0.509. The molecule has 2 aromatic carbocycles. The first-order valence-corrected chi connectivity index (χ1v) is 9.27. The second kappa shape index (κ2) is 11.2. The first-order valence-electron chi connectivity index (χ1n) is 9.27. The number of piperidine rings is 1. The Kier molecular flexibility index (Phi) is 8.95. The zero-order chi connectivity index (χ0) is 19.1. The molecule has 1 aliphatic rings. The molecule has 1 fully saturated rings. The molecule has 0 bridgehead atoms. The maximum absolute atomic E-state index is 13.7. The Morgan fingerprint density at radius 3 is 2.32 bits per heavy atom. The van der Waals surface area contributed by atoms with Crippen LogP contribution < -0.4 is 10.1 Å². The standard InChI is InChI=1S/C21H25F2N3O.HI/c1-24-21(25-13-10-18-19(22)8-5-9-20(18)23)26-14-11-17(12-15-26)27-16-6-3-2-4-7-16;/h2-9,17H,10-15H2,1H3,(H,24,25);1H. The van der Waals surface area contributed by atoms with E-state index in [4.69, 9.17) is 4.74 Å². The fourth-order valence-corrected chi connectivity index (χ4v) is 3.28. The third-order valence-corrected chi connectivity index (χ3v) is 4.72. The van der Waals surface area contributed by atoms with E-state index in [1.54, 1.807) is 7.05 Å². The molecule has 1 saturated heterocycles. The van der Waals surface area contributed by atoms with E-state index in [0.717, 1.165) is 37.6 Å². The van der Waals surface area contributed by atoms with Crippen LogP contribution >= 0.6 is 24.0 Å². The molecule has 0 amide bonds. The molecular formula is C21H26F2IN3O. The summed E-state index contributed by atoms with van der Waals surface area (Å²) in [6, 6.07) is 13.8. The van der Waals surface area contributed by atoms with Crippen LogP contribution in [0.15, 0.2) is 53.5 Å². The van der Waals surface area contributed by atoms with Crippen molar-refractivity contribution in [1.29, 1.82) is 0 Å². The summed E-state index contributed by atoms with van der Waals surface area (Å²) < 4.78 is 33.4. The van der Waals surface area contributed by atoms with Gasteiger partial charge in [-0.1, -0.05) is 24.3 Å². The Labute approximate surface area is 182 Å². The predicted octanol–water partition coefficient (Wildman–Crippen LogP) is 4.24. The van der Waals surface area contributed by atoms with Gasteiger partial charge in [0.15, 0.2) is 5.96 Å². The lowest BCUT2D eigenvalue weighted by Crippen LogP contribution is -2.47. The summed E-state index contributed by atoms with van der Waals surface area (Å²) in [6.45, 7) is 2.07. The summed E-state index contributed by atoms with van der Waals surface area (Å²) in [7, 11) is 1.72. The maximum Gasteiger partial charge on any atom is 0.193 e. The van der Waals surface area contributed by atoms with Crippen molar-refractivity contribution in [3.63, 3.8) is 0 Å². The molecule has 0 radical (unpaired) electrons. The lowest BCUT2D eigenvalue weighted by atomic mass is 10.1. The number of hydrogen-bond donors (Lipinski definition) is 1. The molecule has 0 aliphatic carbocycles. The van der Waals surface area contributed by atoms with E-state index in [0.29, 0.717) is 6.54 Å². The molecule has 1 heterocycles. The minimum Gasteiger partial charge on any atom is -0.490 e. The monoisotopic (exact) mass is 501 g/mol. The Hall–Kier alpha value is -1.90. The van der Waals surface area contributed by atoms with Crippen molar-refractivity contribution in [2.24, 2.45) is 4.99 Å². The Bertz CT molecular complexity index is 745. The van der Waals surface area contributed by atoms with Gasteiger partial charge >= 0.3 is 0 Å². The molecule has 1 N–H and O–H groups in total. The van der Waals surface area contributed by atoms with Crippen LogP contribution in [0.2, 0.25) is 0 Å². The lowest BCUT2D eigenvalue weighted by Gasteiger charge is -2.34. The van der Waals surface area contributed by atoms with E-state index in [1.165, 1.54) is 18.2 Å². The van der Waals surface area contributed by atoms with Crippen molar-refractivity contribution in [1.82, 2.24) is 10.2 Å². The first kappa shape index (κ1) is 22.4. The van der Waals surface area contributed by atoms with Gasteiger partial charge in [0.05, 0.1) is 0 Å². The third-order valence-electron chi connectivity index (χ3n) is 4.72. The summed E-state index contributed by atoms with van der Waals surface area (Å²) in [6.07, 6.45) is 2.26. The van der Waals surface area contributed by atoms with Crippen molar-refractivity contribution in [2.45, 2.75) is 25.4 Å². The summed E-state index contributed by atoms with van der Waals surface area (Å²) in [5.74, 6) is 0.631. The summed E-state index contributed by atoms with van der Waals surface area (Å²) >= 11 is 0. The highest BCUT2D eigenvalue weighted by molar-refractivity contribution is 14.0. The third kappa shape index (κ3) is 6.05. The lowest BCUT2D eigenvalue weighted by molar-refractivity contribution is 0.129. The second-order valence-electron chi connectivity index (χ2n) is 6.54. The van der Waals surface area contributed by atoms with Gasteiger partial charge in [-0.25, -0.2) is 8.78 Å². The average molecular weight is 501 g/mol. The molecule has 0 saturated carbocycles. The number of para-hydroxylation sites is 1. The van der Waals surface area contributed by atoms with Gasteiger partial charge in [-0.3, -0.25) is 4.99 Å². The molecule has 0 aromatic heterocycles. The second-order valence-corrected chi connectivity index (χ2v) is 6.54. The first-order chi connectivity index (χ1) is 13.2. The van der Waals surface area contributed by atoms with Crippen LogP contribution in [0.4, 0.5) is 8.78 Å². The van der Waals surface area contributed by atoms with Crippen molar-refractivity contribution in [3.05, 3.63) is 65.7 Å². The van der Waals surface area contributed by atoms with Crippen LogP contribution in [0, 0.1) is 11.6 Å². The Morgan fingerprint density at radius 2 is 1.71 bits per heavy atom. The molecule has 0 atom stereocenters. The molecule has 7 heteroatoms. The average Bonchev–Trinajstić information content (AvgIpc) is 2.69. The molecule has 3 rings (SSSR count). The fourth-order valence-electron chi connectivity index (χ4n) is 3.28. The molecule has 28 heavy (non-hydrogen) atoms. The Balaban J connectivity index is 0.00000280. The SMILES string of the molecule is CN=C(NCCc1c(F)cccc1F)N1CCC(Oc2ccccc2)CC1.I. The Morgan fingerprint density at radius 1 is 1.07 bits per heavy atom. The van der Waals surface area contributed by atoms with Gasteiger partial charge in [0.1, 0.15) is 23.5 Å². The van der Waals surface area contributed by atoms with Gasteiger partial charge in [-0.05, 0) is 30.7 Å². The summed E-state index contributed by atoms with van der Waals surface area (Å²) in [5, 5.41) is 3.21. The normalized spacial score (nSPS) is 15.1. The van der Waals surface area contributed by atoms with Crippen molar-refractivity contribution in [3.8, 4) is 5.75 Å². The van der Waals surface area contributed by atoms with Gasteiger partial charge in [-0.2, -0.15) is 0 Å².